The van der Waals surface area contributed by atoms with Crippen LogP contribution in [-0.4, -0.2) is 30.3 Å². The van der Waals surface area contributed by atoms with Gasteiger partial charge in [0.25, 0.3) is 5.89 Å². The summed E-state index contributed by atoms with van der Waals surface area (Å²) in [5, 5.41) is 15.7. The van der Waals surface area contributed by atoms with Gasteiger partial charge in [0.2, 0.25) is 0 Å². The van der Waals surface area contributed by atoms with Crippen LogP contribution >= 0.6 is 0 Å². The second-order valence-electron chi connectivity index (χ2n) is 6.01. The third-order valence-electron chi connectivity index (χ3n) is 4.29. The van der Waals surface area contributed by atoms with Crippen LogP contribution in [0.5, 0.6) is 0 Å². The van der Waals surface area contributed by atoms with Crippen molar-refractivity contribution >= 4 is 11.8 Å². The second-order valence-corrected chi connectivity index (χ2v) is 6.01. The molecule has 0 aliphatic heterocycles. The molecule has 0 amide bonds. The van der Waals surface area contributed by atoms with Gasteiger partial charge in [0.1, 0.15) is 5.70 Å². The number of aromatic nitrogens is 6. The molecule has 3 aromatic rings. The summed E-state index contributed by atoms with van der Waals surface area (Å²) in [7, 11) is 0. The lowest BCUT2D eigenvalue weighted by Crippen LogP contribution is -2.44. The van der Waals surface area contributed by atoms with Crippen LogP contribution in [0.15, 0.2) is 34.9 Å². The topological polar surface area (TPSA) is 109 Å². The van der Waals surface area contributed by atoms with Gasteiger partial charge in [0.05, 0.1) is 5.54 Å². The molecule has 122 valence electrons. The van der Waals surface area contributed by atoms with Gasteiger partial charge in [-0.25, -0.2) is 0 Å². The van der Waals surface area contributed by atoms with Crippen LogP contribution in [0.25, 0.3) is 11.8 Å². The molecule has 2 aromatic heterocycles. The van der Waals surface area contributed by atoms with Gasteiger partial charge in [-0.1, -0.05) is 35.5 Å². The van der Waals surface area contributed by atoms with Crippen molar-refractivity contribution in [3.8, 4) is 0 Å². The molecule has 0 unspecified atom stereocenters. The maximum Gasteiger partial charge on any atom is 0.276 e. The van der Waals surface area contributed by atoms with Crippen LogP contribution in [0.2, 0.25) is 0 Å². The molecule has 24 heavy (non-hydrogen) atoms. The molecule has 2 N–H and O–H groups in total. The van der Waals surface area contributed by atoms with E-state index in [1.165, 1.54) is 0 Å². The normalized spacial score (nSPS) is 16.8. The first-order chi connectivity index (χ1) is 11.7. The minimum Gasteiger partial charge on any atom is -0.332 e. The molecule has 2 heterocycles. The first kappa shape index (κ1) is 14.7. The molecule has 0 saturated heterocycles. The number of nitrogens with two attached hydrogens (primary N) is 1. The molecule has 1 aliphatic rings. The monoisotopic (exact) mass is 323 g/mol. The fraction of sp³-hybridized carbons (Fsp3) is 0.312. The lowest BCUT2D eigenvalue weighted by molar-refractivity contribution is 0.229. The quantitative estimate of drug-likeness (QED) is 0.779. The van der Waals surface area contributed by atoms with Gasteiger partial charge >= 0.3 is 0 Å². The highest BCUT2D eigenvalue weighted by Crippen LogP contribution is 2.37. The number of hydrogen-bond donors (Lipinski definition) is 1. The van der Waals surface area contributed by atoms with Gasteiger partial charge in [0, 0.05) is 0 Å². The van der Waals surface area contributed by atoms with E-state index in [1.807, 2.05) is 43.3 Å². The van der Waals surface area contributed by atoms with Gasteiger partial charge < -0.3 is 10.3 Å². The summed E-state index contributed by atoms with van der Waals surface area (Å²) < 4.78 is 7.05. The molecule has 0 atom stereocenters. The summed E-state index contributed by atoms with van der Waals surface area (Å²) in [6, 6.07) is 9.83. The van der Waals surface area contributed by atoms with Gasteiger partial charge in [-0.05, 0) is 48.3 Å². The Bertz CT molecular complexity index is 877. The summed E-state index contributed by atoms with van der Waals surface area (Å²) in [6.07, 6.45) is 4.73. The number of nitrogens with zero attached hydrogens (tertiary/aromatic N) is 6. The van der Waals surface area contributed by atoms with Crippen molar-refractivity contribution in [3.63, 3.8) is 0 Å². The van der Waals surface area contributed by atoms with E-state index in [-0.39, 0.29) is 0 Å². The molecule has 1 aliphatic carbocycles. The van der Waals surface area contributed by atoms with E-state index < -0.39 is 5.54 Å². The maximum absolute atomic E-state index is 6.29. The summed E-state index contributed by atoms with van der Waals surface area (Å²) in [6.45, 7) is 1.81. The van der Waals surface area contributed by atoms with Crippen molar-refractivity contribution in [3.05, 3.63) is 53.4 Å². The third-order valence-corrected chi connectivity index (χ3v) is 4.29. The molecule has 0 spiro atoms. The Morgan fingerprint density at radius 1 is 1.29 bits per heavy atom. The molecule has 1 aromatic carbocycles. The number of benzene rings is 1. The van der Waals surface area contributed by atoms with Crippen molar-refractivity contribution in [1.29, 1.82) is 0 Å². The first-order valence-corrected chi connectivity index (χ1v) is 7.81. The molecule has 0 radical (unpaired) electrons. The van der Waals surface area contributed by atoms with Crippen LogP contribution in [0.3, 0.4) is 0 Å². The molecule has 0 bridgehead atoms. The van der Waals surface area contributed by atoms with Gasteiger partial charge in [-0.2, -0.15) is 9.67 Å². The maximum atomic E-state index is 6.29. The number of aryl methyl sites for hydroxylation is 1. The van der Waals surface area contributed by atoms with E-state index in [4.69, 9.17) is 10.3 Å². The number of rotatable bonds is 4. The zero-order chi connectivity index (χ0) is 16.6. The fourth-order valence-electron chi connectivity index (χ4n) is 2.69. The van der Waals surface area contributed by atoms with Gasteiger partial charge in [0.15, 0.2) is 11.6 Å². The van der Waals surface area contributed by atoms with E-state index in [9.17, 15) is 0 Å². The standard InChI is InChI=1S/C16H17N7O/c1-11-19-21-22-23(11)13(10-12-6-3-2-4-7-12)14-18-15(20-24-14)16(17)8-5-9-16/h2-4,6-7,10H,5,8-9,17H2,1H3/b13-10+. The highest BCUT2D eigenvalue weighted by molar-refractivity contribution is 5.77. The Balaban J connectivity index is 1.79. The molecule has 1 saturated carbocycles. The average molecular weight is 323 g/mol. The van der Waals surface area contributed by atoms with Gasteiger partial charge in [-0.15, -0.1) is 5.10 Å². The third kappa shape index (κ3) is 2.50. The number of tetrazole rings is 1. The predicted octanol–water partition coefficient (Wildman–Crippen LogP) is 1.75. The SMILES string of the molecule is Cc1nnnn1/C(=C/c1ccccc1)c1nc(C2(N)CCC2)no1. The van der Waals surface area contributed by atoms with Crippen molar-refractivity contribution in [1.82, 2.24) is 30.3 Å². The number of hydrogen-bond acceptors (Lipinski definition) is 7. The Morgan fingerprint density at radius 3 is 2.71 bits per heavy atom. The zero-order valence-corrected chi connectivity index (χ0v) is 13.3. The lowest BCUT2D eigenvalue weighted by Gasteiger charge is -2.34. The van der Waals surface area contributed by atoms with E-state index >= 15 is 0 Å². The van der Waals surface area contributed by atoms with Crippen LogP contribution in [-0.2, 0) is 5.54 Å². The molecule has 1 fully saturated rings. The Labute approximate surface area is 138 Å². The zero-order valence-electron chi connectivity index (χ0n) is 13.3. The van der Waals surface area contributed by atoms with E-state index in [0.29, 0.717) is 23.2 Å². The van der Waals surface area contributed by atoms with Crippen LogP contribution in [0.1, 0.15) is 42.4 Å². The summed E-state index contributed by atoms with van der Waals surface area (Å²) >= 11 is 0. The lowest BCUT2D eigenvalue weighted by atomic mass is 9.77. The van der Waals surface area contributed by atoms with E-state index in [0.717, 1.165) is 24.8 Å². The molecule has 8 heteroatoms. The second kappa shape index (κ2) is 5.64. The average Bonchev–Trinajstić information content (AvgIpc) is 3.21. The Kier molecular flexibility index (Phi) is 3.46. The first-order valence-electron chi connectivity index (χ1n) is 7.81. The summed E-state index contributed by atoms with van der Waals surface area (Å²) in [5.74, 6) is 1.51. The summed E-state index contributed by atoms with van der Waals surface area (Å²) in [5.41, 5.74) is 7.41. The highest BCUT2D eigenvalue weighted by Gasteiger charge is 2.39. The fourth-order valence-corrected chi connectivity index (χ4v) is 2.69. The predicted molar refractivity (Wildman–Crippen MR) is 86.3 cm³/mol. The Hall–Kier alpha value is -2.87. The van der Waals surface area contributed by atoms with E-state index in [2.05, 4.69) is 25.7 Å². The molecular formula is C16H17N7O. The largest absolute Gasteiger partial charge is 0.332 e. The van der Waals surface area contributed by atoms with Crippen LogP contribution < -0.4 is 5.73 Å². The minimum absolute atomic E-state index is 0.348. The van der Waals surface area contributed by atoms with Crippen LogP contribution in [0.4, 0.5) is 0 Å². The van der Waals surface area contributed by atoms with Crippen molar-refractivity contribution in [2.24, 2.45) is 5.73 Å². The van der Waals surface area contributed by atoms with E-state index in [1.54, 1.807) is 4.68 Å². The van der Waals surface area contributed by atoms with Crippen molar-refractivity contribution in [2.45, 2.75) is 31.7 Å². The smallest absolute Gasteiger partial charge is 0.276 e. The summed E-state index contributed by atoms with van der Waals surface area (Å²) in [4.78, 5) is 4.51. The minimum atomic E-state index is -0.477. The molecular weight excluding hydrogens is 306 g/mol. The van der Waals surface area contributed by atoms with Crippen LogP contribution in [0, 0.1) is 6.92 Å². The van der Waals surface area contributed by atoms with Gasteiger partial charge in [-0.3, -0.25) is 0 Å². The van der Waals surface area contributed by atoms with Crippen molar-refractivity contribution in [2.75, 3.05) is 0 Å². The molecule has 4 rings (SSSR count). The highest BCUT2D eigenvalue weighted by atomic mass is 16.5. The Morgan fingerprint density at radius 2 is 2.08 bits per heavy atom. The molecule has 8 nitrogen and oxygen atoms in total. The van der Waals surface area contributed by atoms with Crippen molar-refractivity contribution < 1.29 is 4.52 Å².